The highest BCUT2D eigenvalue weighted by molar-refractivity contribution is 7.92. The summed E-state index contributed by atoms with van der Waals surface area (Å²) in [6.45, 7) is 1.48. The molecule has 0 bridgehead atoms. The molecule has 1 amide bonds. The van der Waals surface area contributed by atoms with E-state index in [0.29, 0.717) is 33.6 Å². The van der Waals surface area contributed by atoms with Crippen molar-refractivity contribution < 1.29 is 27.4 Å². The lowest BCUT2D eigenvalue weighted by Gasteiger charge is -2.28. The molecule has 2 aromatic rings. The van der Waals surface area contributed by atoms with E-state index in [-0.39, 0.29) is 0 Å². The minimum atomic E-state index is -3.77. The van der Waals surface area contributed by atoms with Gasteiger partial charge in [-0.15, -0.1) is 0 Å². The highest BCUT2D eigenvalue weighted by Gasteiger charge is 2.30. The number of carbonyl (C=O) groups is 1. The van der Waals surface area contributed by atoms with E-state index in [1.54, 1.807) is 18.2 Å². The molecule has 0 heterocycles. The van der Waals surface area contributed by atoms with Crippen LogP contribution >= 0.6 is 11.6 Å². The predicted octanol–water partition coefficient (Wildman–Crippen LogP) is 3.16. The largest absolute Gasteiger partial charge is 0.497 e. The van der Waals surface area contributed by atoms with E-state index in [2.05, 4.69) is 5.32 Å². The van der Waals surface area contributed by atoms with Crippen LogP contribution in [0.15, 0.2) is 36.4 Å². The second-order valence-electron chi connectivity index (χ2n) is 6.11. The van der Waals surface area contributed by atoms with Gasteiger partial charge in [0, 0.05) is 18.2 Å². The molecule has 10 heteroatoms. The molecule has 0 unspecified atom stereocenters. The summed E-state index contributed by atoms with van der Waals surface area (Å²) >= 11 is 6.08. The second-order valence-corrected chi connectivity index (χ2v) is 8.38. The maximum absolute atomic E-state index is 12.9. The number of anilines is 2. The molecule has 2 rings (SSSR count). The molecule has 1 atom stereocenters. The molecule has 0 fully saturated rings. The zero-order valence-corrected chi connectivity index (χ0v) is 18.3. The molecule has 1 N–H and O–H groups in total. The van der Waals surface area contributed by atoms with E-state index in [0.717, 1.165) is 10.6 Å². The molecule has 0 aliphatic carbocycles. The summed E-state index contributed by atoms with van der Waals surface area (Å²) in [6, 6.07) is 8.38. The first-order chi connectivity index (χ1) is 13.6. The first kappa shape index (κ1) is 22.6. The van der Waals surface area contributed by atoms with Gasteiger partial charge < -0.3 is 19.5 Å². The van der Waals surface area contributed by atoms with Crippen LogP contribution in [0.25, 0.3) is 0 Å². The van der Waals surface area contributed by atoms with Gasteiger partial charge in [0.1, 0.15) is 23.3 Å². The van der Waals surface area contributed by atoms with Gasteiger partial charge in [0.2, 0.25) is 15.9 Å². The van der Waals surface area contributed by atoms with E-state index in [1.165, 1.54) is 46.5 Å². The third-order valence-electron chi connectivity index (χ3n) is 4.13. The van der Waals surface area contributed by atoms with Gasteiger partial charge in [-0.3, -0.25) is 9.10 Å². The van der Waals surface area contributed by atoms with Crippen LogP contribution in [0, 0.1) is 0 Å². The summed E-state index contributed by atoms with van der Waals surface area (Å²) < 4.78 is 41.5. The van der Waals surface area contributed by atoms with E-state index < -0.39 is 22.0 Å². The number of hydrogen-bond acceptors (Lipinski definition) is 6. The van der Waals surface area contributed by atoms with Crippen LogP contribution in [0.1, 0.15) is 6.92 Å². The number of sulfonamides is 1. The Morgan fingerprint density at radius 1 is 1.07 bits per heavy atom. The molecule has 0 spiro atoms. The van der Waals surface area contributed by atoms with E-state index in [9.17, 15) is 13.2 Å². The standard InChI is InChI=1S/C19H23ClN2O6S/c1-12(22(29(5,24)25)13-7-6-8-14(9-13)26-2)19(23)21-16-11-17(27-3)15(20)10-18(16)28-4/h6-12H,1-5H3,(H,21,23)/t12-/m1/s1. The minimum Gasteiger partial charge on any atom is -0.497 e. The van der Waals surface area contributed by atoms with Crippen molar-refractivity contribution in [3.8, 4) is 17.2 Å². The van der Waals surface area contributed by atoms with Gasteiger partial charge in [-0.05, 0) is 19.1 Å². The monoisotopic (exact) mass is 442 g/mol. The van der Waals surface area contributed by atoms with Crippen molar-refractivity contribution in [2.45, 2.75) is 13.0 Å². The Kier molecular flexibility index (Phi) is 7.21. The number of methoxy groups -OCH3 is 3. The molecule has 2 aromatic carbocycles. The van der Waals surface area contributed by atoms with Crippen molar-refractivity contribution in [3.05, 3.63) is 41.4 Å². The predicted molar refractivity (Wildman–Crippen MR) is 113 cm³/mol. The van der Waals surface area contributed by atoms with Crippen molar-refractivity contribution in [2.75, 3.05) is 37.2 Å². The summed E-state index contributed by atoms with van der Waals surface area (Å²) in [4.78, 5) is 12.9. The molecular formula is C19H23ClN2O6S. The number of nitrogens with zero attached hydrogens (tertiary/aromatic N) is 1. The van der Waals surface area contributed by atoms with Crippen LogP contribution in [-0.4, -0.2) is 48.0 Å². The SMILES string of the molecule is COc1cccc(N([C@H](C)C(=O)Nc2cc(OC)c(Cl)cc2OC)S(C)(=O)=O)c1. The van der Waals surface area contributed by atoms with Gasteiger partial charge in [-0.2, -0.15) is 0 Å². The molecule has 29 heavy (non-hydrogen) atoms. The fourth-order valence-electron chi connectivity index (χ4n) is 2.75. The van der Waals surface area contributed by atoms with Gasteiger partial charge in [0.25, 0.3) is 0 Å². The summed E-state index contributed by atoms with van der Waals surface area (Å²) in [7, 11) is 0.565. The Balaban J connectivity index is 2.40. The Morgan fingerprint density at radius 2 is 1.72 bits per heavy atom. The summed E-state index contributed by atoms with van der Waals surface area (Å²) in [5, 5.41) is 2.98. The van der Waals surface area contributed by atoms with Crippen molar-refractivity contribution in [2.24, 2.45) is 0 Å². The molecule has 0 aromatic heterocycles. The smallest absolute Gasteiger partial charge is 0.248 e. The van der Waals surface area contributed by atoms with Gasteiger partial charge in [-0.1, -0.05) is 17.7 Å². The average molecular weight is 443 g/mol. The van der Waals surface area contributed by atoms with Crippen molar-refractivity contribution >= 4 is 38.9 Å². The molecule has 0 saturated heterocycles. The molecule has 0 saturated carbocycles. The third kappa shape index (κ3) is 5.24. The van der Waals surface area contributed by atoms with Crippen LogP contribution in [0.5, 0.6) is 17.2 Å². The Bertz CT molecular complexity index is 996. The normalized spacial score (nSPS) is 12.1. The number of benzene rings is 2. The fourth-order valence-corrected chi connectivity index (χ4v) is 4.15. The molecule has 0 aliphatic heterocycles. The van der Waals surface area contributed by atoms with Gasteiger partial charge in [0.05, 0.1) is 44.0 Å². The average Bonchev–Trinajstić information content (AvgIpc) is 2.67. The van der Waals surface area contributed by atoms with Crippen molar-refractivity contribution in [3.63, 3.8) is 0 Å². The maximum Gasteiger partial charge on any atom is 0.248 e. The van der Waals surface area contributed by atoms with Crippen LogP contribution in [-0.2, 0) is 14.8 Å². The zero-order chi connectivity index (χ0) is 21.8. The summed E-state index contributed by atoms with van der Waals surface area (Å²) in [5.41, 5.74) is 0.597. The lowest BCUT2D eigenvalue weighted by atomic mass is 10.2. The van der Waals surface area contributed by atoms with Crippen LogP contribution in [0.3, 0.4) is 0 Å². The molecule has 0 aliphatic rings. The number of rotatable bonds is 8. The fraction of sp³-hybridized carbons (Fsp3) is 0.316. The zero-order valence-electron chi connectivity index (χ0n) is 16.7. The van der Waals surface area contributed by atoms with Gasteiger partial charge in [-0.25, -0.2) is 8.42 Å². The Hall–Kier alpha value is -2.65. The maximum atomic E-state index is 12.9. The van der Waals surface area contributed by atoms with Crippen LogP contribution in [0.4, 0.5) is 11.4 Å². The number of carbonyl (C=O) groups excluding carboxylic acids is 1. The van der Waals surface area contributed by atoms with Crippen LogP contribution in [0.2, 0.25) is 5.02 Å². The first-order valence-electron chi connectivity index (χ1n) is 8.48. The molecular weight excluding hydrogens is 420 g/mol. The molecule has 158 valence electrons. The lowest BCUT2D eigenvalue weighted by Crippen LogP contribution is -2.45. The van der Waals surface area contributed by atoms with Gasteiger partial charge >= 0.3 is 0 Å². The van der Waals surface area contributed by atoms with Crippen LogP contribution < -0.4 is 23.8 Å². The highest BCUT2D eigenvalue weighted by atomic mass is 35.5. The number of ether oxygens (including phenoxy) is 3. The number of nitrogens with one attached hydrogen (secondary N) is 1. The van der Waals surface area contributed by atoms with Crippen molar-refractivity contribution in [1.29, 1.82) is 0 Å². The van der Waals surface area contributed by atoms with E-state index in [1.807, 2.05) is 0 Å². The quantitative estimate of drug-likeness (QED) is 0.674. The van der Waals surface area contributed by atoms with E-state index >= 15 is 0 Å². The summed E-state index contributed by atoms with van der Waals surface area (Å²) in [5.74, 6) is 0.542. The Morgan fingerprint density at radius 3 is 2.28 bits per heavy atom. The number of amides is 1. The third-order valence-corrected chi connectivity index (χ3v) is 5.67. The topological polar surface area (TPSA) is 94.2 Å². The minimum absolute atomic E-state index is 0.296. The Labute approximate surface area is 175 Å². The molecule has 0 radical (unpaired) electrons. The summed E-state index contributed by atoms with van der Waals surface area (Å²) in [6.07, 6.45) is 1.03. The number of hydrogen-bond donors (Lipinski definition) is 1. The van der Waals surface area contributed by atoms with Crippen molar-refractivity contribution in [1.82, 2.24) is 0 Å². The molecule has 8 nitrogen and oxygen atoms in total. The lowest BCUT2D eigenvalue weighted by molar-refractivity contribution is -0.116. The highest BCUT2D eigenvalue weighted by Crippen LogP contribution is 2.36. The first-order valence-corrected chi connectivity index (χ1v) is 10.7. The van der Waals surface area contributed by atoms with Gasteiger partial charge in [0.15, 0.2) is 0 Å². The number of halogens is 1. The second kappa shape index (κ2) is 9.23. The van der Waals surface area contributed by atoms with E-state index in [4.69, 9.17) is 25.8 Å².